The molecule has 1 N–H and O–H groups in total. The lowest BCUT2D eigenvalue weighted by Crippen LogP contribution is -1.93. The van der Waals surface area contributed by atoms with Crippen LogP contribution in [-0.4, -0.2) is 11.1 Å². The Bertz CT molecular complexity index is 389. The normalized spacial score (nSPS) is 11.5. The van der Waals surface area contributed by atoms with Crippen molar-refractivity contribution >= 4 is 11.5 Å². The molecule has 0 saturated carbocycles. The molecule has 0 amide bonds. The van der Waals surface area contributed by atoms with Crippen LogP contribution in [0.4, 0.5) is 0 Å². The largest absolute Gasteiger partial charge is 0.478 e. The summed E-state index contributed by atoms with van der Waals surface area (Å²) >= 11 is 0. The van der Waals surface area contributed by atoms with E-state index >= 15 is 0 Å². The minimum absolute atomic E-state index is 0.790. The number of rotatable bonds is 2. The van der Waals surface area contributed by atoms with Crippen LogP contribution in [0.25, 0.3) is 5.57 Å². The second kappa shape index (κ2) is 4.09. The standard InChI is InChI=1S/C12H14O2/c1-8-5-4-6-11(10(8)3)9(2)7-12(13)14/h4-7H,1-3H3,(H,13,14)/b9-7+. The third-order valence-corrected chi connectivity index (χ3v) is 2.37. The quantitative estimate of drug-likeness (QED) is 0.728. The van der Waals surface area contributed by atoms with Crippen LogP contribution in [-0.2, 0) is 4.79 Å². The fourth-order valence-electron chi connectivity index (χ4n) is 1.44. The zero-order chi connectivity index (χ0) is 10.7. The van der Waals surface area contributed by atoms with Crippen LogP contribution in [0.5, 0.6) is 0 Å². The Morgan fingerprint density at radius 2 is 2.00 bits per heavy atom. The molecule has 1 rings (SSSR count). The summed E-state index contributed by atoms with van der Waals surface area (Å²) in [6, 6.07) is 5.90. The van der Waals surface area contributed by atoms with Crippen molar-refractivity contribution in [3.63, 3.8) is 0 Å². The van der Waals surface area contributed by atoms with Gasteiger partial charge in [0, 0.05) is 6.08 Å². The lowest BCUT2D eigenvalue weighted by molar-refractivity contribution is -0.131. The minimum Gasteiger partial charge on any atom is -0.478 e. The molecule has 0 fully saturated rings. The van der Waals surface area contributed by atoms with Gasteiger partial charge in [-0.25, -0.2) is 4.79 Å². The van der Waals surface area contributed by atoms with Crippen molar-refractivity contribution in [1.82, 2.24) is 0 Å². The van der Waals surface area contributed by atoms with Gasteiger partial charge < -0.3 is 5.11 Å². The van der Waals surface area contributed by atoms with Crippen LogP contribution in [0.2, 0.25) is 0 Å². The highest BCUT2D eigenvalue weighted by molar-refractivity contribution is 5.90. The molecular formula is C12H14O2. The van der Waals surface area contributed by atoms with E-state index in [-0.39, 0.29) is 0 Å². The maximum atomic E-state index is 10.5. The summed E-state index contributed by atoms with van der Waals surface area (Å²) in [6.07, 6.45) is 1.24. The van der Waals surface area contributed by atoms with E-state index in [1.807, 2.05) is 39.0 Å². The van der Waals surface area contributed by atoms with E-state index in [2.05, 4.69) is 0 Å². The van der Waals surface area contributed by atoms with Gasteiger partial charge in [-0.2, -0.15) is 0 Å². The first kappa shape index (κ1) is 10.5. The SMILES string of the molecule is C/C(=C\C(=O)O)c1cccc(C)c1C. The highest BCUT2D eigenvalue weighted by atomic mass is 16.4. The van der Waals surface area contributed by atoms with Crippen molar-refractivity contribution in [2.75, 3.05) is 0 Å². The highest BCUT2D eigenvalue weighted by Crippen LogP contribution is 2.20. The van der Waals surface area contributed by atoms with Gasteiger partial charge in [0.15, 0.2) is 0 Å². The predicted molar refractivity (Wildman–Crippen MR) is 57.2 cm³/mol. The Kier molecular flexibility index (Phi) is 3.07. The maximum Gasteiger partial charge on any atom is 0.328 e. The summed E-state index contributed by atoms with van der Waals surface area (Å²) in [4.78, 5) is 10.5. The third-order valence-electron chi connectivity index (χ3n) is 2.37. The van der Waals surface area contributed by atoms with E-state index in [1.165, 1.54) is 11.6 Å². The number of aliphatic carboxylic acids is 1. The van der Waals surface area contributed by atoms with Gasteiger partial charge in [-0.1, -0.05) is 18.2 Å². The smallest absolute Gasteiger partial charge is 0.328 e. The van der Waals surface area contributed by atoms with Gasteiger partial charge in [0.25, 0.3) is 0 Å². The molecule has 2 heteroatoms. The van der Waals surface area contributed by atoms with Gasteiger partial charge in [0.2, 0.25) is 0 Å². The van der Waals surface area contributed by atoms with E-state index in [0.29, 0.717) is 0 Å². The van der Waals surface area contributed by atoms with Gasteiger partial charge in [0.05, 0.1) is 0 Å². The highest BCUT2D eigenvalue weighted by Gasteiger charge is 2.03. The fourth-order valence-corrected chi connectivity index (χ4v) is 1.44. The third kappa shape index (κ3) is 2.22. The average Bonchev–Trinajstić information content (AvgIpc) is 2.08. The van der Waals surface area contributed by atoms with Crippen LogP contribution in [0.1, 0.15) is 23.6 Å². The van der Waals surface area contributed by atoms with Crippen molar-refractivity contribution in [2.45, 2.75) is 20.8 Å². The molecule has 74 valence electrons. The van der Waals surface area contributed by atoms with Gasteiger partial charge in [-0.15, -0.1) is 0 Å². The molecule has 0 spiro atoms. The Hall–Kier alpha value is -1.57. The Morgan fingerprint density at radius 3 is 2.57 bits per heavy atom. The van der Waals surface area contributed by atoms with E-state index in [4.69, 9.17) is 5.11 Å². The first-order valence-corrected chi connectivity index (χ1v) is 4.50. The Labute approximate surface area is 83.9 Å². The number of hydrogen-bond donors (Lipinski definition) is 1. The number of benzene rings is 1. The molecule has 0 bridgehead atoms. The average molecular weight is 190 g/mol. The monoisotopic (exact) mass is 190 g/mol. The van der Waals surface area contributed by atoms with E-state index < -0.39 is 5.97 Å². The molecule has 0 aliphatic heterocycles. The fraction of sp³-hybridized carbons (Fsp3) is 0.250. The molecule has 0 saturated heterocycles. The van der Waals surface area contributed by atoms with Crippen LogP contribution in [0.3, 0.4) is 0 Å². The molecular weight excluding hydrogens is 176 g/mol. The molecule has 0 radical (unpaired) electrons. The van der Waals surface area contributed by atoms with Gasteiger partial charge in [0.1, 0.15) is 0 Å². The molecule has 0 atom stereocenters. The molecule has 1 aromatic carbocycles. The molecule has 0 aliphatic rings. The minimum atomic E-state index is -0.900. The van der Waals surface area contributed by atoms with Crippen LogP contribution < -0.4 is 0 Å². The van der Waals surface area contributed by atoms with Gasteiger partial charge in [-0.05, 0) is 43.0 Å². The second-order valence-corrected chi connectivity index (χ2v) is 3.41. The first-order chi connectivity index (χ1) is 6.52. The van der Waals surface area contributed by atoms with Gasteiger partial charge >= 0.3 is 5.97 Å². The van der Waals surface area contributed by atoms with E-state index in [0.717, 1.165) is 16.7 Å². The lowest BCUT2D eigenvalue weighted by Gasteiger charge is -2.07. The molecule has 14 heavy (non-hydrogen) atoms. The lowest BCUT2D eigenvalue weighted by atomic mass is 9.98. The zero-order valence-corrected chi connectivity index (χ0v) is 8.66. The summed E-state index contributed by atoms with van der Waals surface area (Å²) in [6.45, 7) is 5.84. The first-order valence-electron chi connectivity index (χ1n) is 4.50. The topological polar surface area (TPSA) is 37.3 Å². The maximum absolute atomic E-state index is 10.5. The number of carboxylic acid groups (broad SMARTS) is 1. The summed E-state index contributed by atoms with van der Waals surface area (Å²) in [5.41, 5.74) is 4.12. The number of carbonyl (C=O) groups is 1. The molecule has 0 unspecified atom stereocenters. The van der Waals surface area contributed by atoms with E-state index in [1.54, 1.807) is 0 Å². The van der Waals surface area contributed by atoms with Crippen LogP contribution in [0.15, 0.2) is 24.3 Å². The summed E-state index contributed by atoms with van der Waals surface area (Å²) in [5, 5.41) is 8.63. The molecule has 2 nitrogen and oxygen atoms in total. The predicted octanol–water partition coefficient (Wildman–Crippen LogP) is 2.79. The van der Waals surface area contributed by atoms with Crippen molar-refractivity contribution < 1.29 is 9.90 Å². The second-order valence-electron chi connectivity index (χ2n) is 3.41. The Morgan fingerprint density at radius 1 is 1.36 bits per heavy atom. The zero-order valence-electron chi connectivity index (χ0n) is 8.66. The van der Waals surface area contributed by atoms with Crippen molar-refractivity contribution in [3.05, 3.63) is 41.0 Å². The van der Waals surface area contributed by atoms with Crippen LogP contribution in [0, 0.1) is 13.8 Å². The van der Waals surface area contributed by atoms with Gasteiger partial charge in [-0.3, -0.25) is 0 Å². The molecule has 0 heterocycles. The molecule has 0 aromatic heterocycles. The van der Waals surface area contributed by atoms with Crippen LogP contribution >= 0.6 is 0 Å². The van der Waals surface area contributed by atoms with Crippen molar-refractivity contribution in [3.8, 4) is 0 Å². The number of hydrogen-bond acceptors (Lipinski definition) is 1. The number of allylic oxidation sites excluding steroid dienone is 1. The Balaban J connectivity index is 3.20. The molecule has 1 aromatic rings. The number of aryl methyl sites for hydroxylation is 1. The van der Waals surface area contributed by atoms with Crippen molar-refractivity contribution in [1.29, 1.82) is 0 Å². The van der Waals surface area contributed by atoms with E-state index in [9.17, 15) is 4.79 Å². The summed E-state index contributed by atoms with van der Waals surface area (Å²) in [5.74, 6) is -0.900. The summed E-state index contributed by atoms with van der Waals surface area (Å²) in [7, 11) is 0. The van der Waals surface area contributed by atoms with Crippen molar-refractivity contribution in [2.24, 2.45) is 0 Å². The number of carboxylic acids is 1. The molecule has 0 aliphatic carbocycles. The summed E-state index contributed by atoms with van der Waals surface area (Å²) < 4.78 is 0.